The molecule has 10 aromatic rings. The van der Waals surface area contributed by atoms with Gasteiger partial charge in [0.1, 0.15) is 22.3 Å². The van der Waals surface area contributed by atoms with Gasteiger partial charge in [0.25, 0.3) is 0 Å². The standard InChI is InChI=1S/2C25H16O2P.Fe/c2*1-5-11-20-17(7-1)14-16-23-24(20)22-15-13-18-8-2-6-12-21(18)25(22)27-28(26-23)19-9-3-4-10-19;/h2*1-16H;. The van der Waals surface area contributed by atoms with Crippen LogP contribution in [0.15, 0.2) is 199 Å². The zero-order valence-electron chi connectivity index (χ0n) is 30.4. The molecule has 0 spiro atoms. The van der Waals surface area contributed by atoms with E-state index in [0.29, 0.717) is 0 Å². The van der Waals surface area contributed by atoms with Crippen LogP contribution in [0, 0.1) is 12.8 Å². The van der Waals surface area contributed by atoms with Crippen LogP contribution in [0.4, 0.5) is 0 Å². The molecule has 274 valence electrons. The van der Waals surface area contributed by atoms with Gasteiger partial charge >= 0.3 is 0 Å². The van der Waals surface area contributed by atoms with Gasteiger partial charge in [0, 0.05) is 62.2 Å². The number of hydrogen-bond donors (Lipinski definition) is 0. The summed E-state index contributed by atoms with van der Waals surface area (Å²) >= 11 is 0. The molecule has 2 atom stereocenters. The Kier molecular flexibility index (Phi) is 9.26. The Morgan fingerprint density at radius 1 is 0.316 bits per heavy atom. The van der Waals surface area contributed by atoms with E-state index in [1.54, 1.807) is 0 Å². The predicted octanol–water partition coefficient (Wildman–Crippen LogP) is 16.4. The molecule has 4 nitrogen and oxygen atoms in total. The summed E-state index contributed by atoms with van der Waals surface area (Å²) in [5.74, 6) is 0. The number of rotatable bonds is 2. The van der Waals surface area contributed by atoms with Gasteiger partial charge in [-0.1, -0.05) is 146 Å². The third-order valence-corrected chi connectivity index (χ3v) is 13.4. The molecule has 0 aliphatic heterocycles. The van der Waals surface area contributed by atoms with Crippen molar-refractivity contribution >= 4 is 114 Å². The van der Waals surface area contributed by atoms with Crippen LogP contribution in [0.2, 0.25) is 0 Å². The van der Waals surface area contributed by atoms with Crippen molar-refractivity contribution in [3.05, 3.63) is 195 Å². The van der Waals surface area contributed by atoms with Crippen LogP contribution in [0.1, 0.15) is 0 Å². The summed E-state index contributed by atoms with van der Waals surface area (Å²) < 4.78 is 26.1. The van der Waals surface area contributed by atoms with Gasteiger partial charge in [-0.05, 0) is 68.7 Å². The van der Waals surface area contributed by atoms with Gasteiger partial charge in [0.2, 0.25) is 16.0 Å². The molecule has 0 saturated carbocycles. The van der Waals surface area contributed by atoms with E-state index in [2.05, 4.69) is 171 Å². The SMILES string of the molecule is [CH]1C=CC=C1p1oc2ccc3ccccc3c2c2ccc3ccccc3c2o1.[CH]1C=CC=C1p1oc2ccc3ccccc3c2c2ccc3ccccc3c2o1.[Fe]. The van der Waals surface area contributed by atoms with E-state index in [1.807, 2.05) is 24.3 Å². The molecule has 2 radical (unpaired) electrons. The minimum Gasteiger partial charge on any atom is -0.416 e. The van der Waals surface area contributed by atoms with E-state index in [1.165, 1.54) is 32.3 Å². The van der Waals surface area contributed by atoms with Crippen molar-refractivity contribution in [2.45, 2.75) is 0 Å². The summed E-state index contributed by atoms with van der Waals surface area (Å²) in [6, 6.07) is 50.7. The minimum atomic E-state index is -1.26. The van der Waals surface area contributed by atoms with Gasteiger partial charge in [-0.25, -0.2) is 0 Å². The molecule has 8 aromatic carbocycles. The quantitative estimate of drug-likeness (QED) is 0.163. The van der Waals surface area contributed by atoms with E-state index < -0.39 is 16.0 Å². The zero-order valence-corrected chi connectivity index (χ0v) is 33.2. The van der Waals surface area contributed by atoms with Crippen molar-refractivity contribution in [1.29, 1.82) is 0 Å². The summed E-state index contributed by atoms with van der Waals surface area (Å²) in [6.45, 7) is 0. The molecule has 2 aromatic heterocycles. The Morgan fingerprint density at radius 2 is 0.684 bits per heavy atom. The van der Waals surface area contributed by atoms with Gasteiger partial charge in [-0.2, -0.15) is 0 Å². The summed E-state index contributed by atoms with van der Waals surface area (Å²) in [5.41, 5.74) is 3.56. The van der Waals surface area contributed by atoms with Crippen molar-refractivity contribution < 1.29 is 33.9 Å². The molecular formula is C50H32FeO4P2. The fraction of sp³-hybridized carbons (Fsp3) is 0. The molecule has 57 heavy (non-hydrogen) atoms. The average molecular weight is 815 g/mol. The van der Waals surface area contributed by atoms with Gasteiger partial charge in [0.05, 0.1) is 10.6 Å². The summed E-state index contributed by atoms with van der Waals surface area (Å²) in [4.78, 5) is 0. The average Bonchev–Trinajstić information content (AvgIpc) is 3.94. The zero-order chi connectivity index (χ0) is 37.0. The molecule has 0 amide bonds. The van der Waals surface area contributed by atoms with Crippen LogP contribution in [0.3, 0.4) is 0 Å². The number of allylic oxidation sites excluding steroid dienone is 8. The molecule has 0 saturated heterocycles. The molecule has 7 heteroatoms. The van der Waals surface area contributed by atoms with Crippen LogP contribution in [-0.4, -0.2) is 0 Å². The first-order chi connectivity index (χ1) is 27.8. The van der Waals surface area contributed by atoms with Crippen molar-refractivity contribution in [2.75, 3.05) is 0 Å². The maximum atomic E-state index is 6.59. The van der Waals surface area contributed by atoms with Crippen molar-refractivity contribution in [3.8, 4) is 0 Å². The van der Waals surface area contributed by atoms with Gasteiger partial charge in [0.15, 0.2) is 0 Å². The number of fused-ring (bicyclic) bond motifs is 14. The van der Waals surface area contributed by atoms with Crippen LogP contribution in [0.25, 0.3) is 97.6 Å². The third-order valence-electron chi connectivity index (χ3n) is 10.5. The first-order valence-electron chi connectivity index (χ1n) is 18.6. The molecule has 12 rings (SSSR count). The fourth-order valence-electron chi connectivity index (χ4n) is 7.85. The molecule has 0 N–H and O–H groups in total. The largest absolute Gasteiger partial charge is 0.416 e. The first-order valence-corrected chi connectivity index (χ1v) is 21.0. The number of benzene rings is 8. The summed E-state index contributed by atoms with van der Waals surface area (Å²) in [5, 5.41) is 15.9. The molecular weight excluding hydrogens is 782 g/mol. The van der Waals surface area contributed by atoms with Crippen LogP contribution in [0.5, 0.6) is 0 Å². The smallest absolute Gasteiger partial charge is 0.249 e. The monoisotopic (exact) mass is 814 g/mol. The second-order valence-corrected chi connectivity index (χ2v) is 16.6. The Balaban J connectivity index is 0.000000137. The van der Waals surface area contributed by atoms with E-state index in [0.717, 1.165) is 65.3 Å². The molecule has 2 heterocycles. The maximum Gasteiger partial charge on any atom is 0.249 e. The molecule has 2 aliphatic rings. The van der Waals surface area contributed by atoms with Crippen molar-refractivity contribution in [1.82, 2.24) is 0 Å². The summed E-state index contributed by atoms with van der Waals surface area (Å²) in [7, 11) is -2.52. The summed E-state index contributed by atoms with van der Waals surface area (Å²) in [6.07, 6.45) is 16.4. The predicted molar refractivity (Wildman–Crippen MR) is 238 cm³/mol. The van der Waals surface area contributed by atoms with E-state index in [4.69, 9.17) is 16.8 Å². The molecule has 2 unspecified atom stereocenters. The number of hydrogen-bond acceptors (Lipinski definition) is 4. The van der Waals surface area contributed by atoms with E-state index in [9.17, 15) is 0 Å². The van der Waals surface area contributed by atoms with Gasteiger partial charge in [-0.15, -0.1) is 0 Å². The van der Waals surface area contributed by atoms with E-state index in [-0.39, 0.29) is 17.1 Å². The normalized spacial score (nSPS) is 14.0. The van der Waals surface area contributed by atoms with Crippen molar-refractivity contribution in [2.24, 2.45) is 0 Å². The second-order valence-electron chi connectivity index (χ2n) is 13.8. The van der Waals surface area contributed by atoms with Crippen LogP contribution < -0.4 is 0 Å². The second kappa shape index (κ2) is 14.9. The maximum absolute atomic E-state index is 6.59. The Hall–Kier alpha value is -5.92. The first kappa shape index (κ1) is 35.5. The van der Waals surface area contributed by atoms with Gasteiger partial charge < -0.3 is 16.8 Å². The van der Waals surface area contributed by atoms with E-state index >= 15 is 0 Å². The molecule has 0 bridgehead atoms. The van der Waals surface area contributed by atoms with Crippen LogP contribution in [-0.2, 0) is 17.1 Å². The Labute approximate surface area is 340 Å². The topological polar surface area (TPSA) is 52.6 Å². The van der Waals surface area contributed by atoms with Crippen molar-refractivity contribution in [3.63, 3.8) is 0 Å². The van der Waals surface area contributed by atoms with Gasteiger partial charge in [-0.3, -0.25) is 0 Å². The molecule has 0 fully saturated rings. The minimum absolute atomic E-state index is 0. The Morgan fingerprint density at radius 3 is 1.09 bits per heavy atom. The molecule has 2 aliphatic carbocycles. The fourth-order valence-corrected chi connectivity index (χ4v) is 10.6. The Bertz CT molecular complexity index is 3210. The van der Waals surface area contributed by atoms with Crippen LogP contribution >= 0.6 is 16.0 Å². The third kappa shape index (κ3) is 6.25.